The van der Waals surface area contributed by atoms with Crippen molar-refractivity contribution in [3.8, 4) is 5.75 Å². The van der Waals surface area contributed by atoms with Gasteiger partial charge in [0, 0.05) is 12.4 Å². The third-order valence-corrected chi connectivity index (χ3v) is 4.02. The average molecular weight is 361 g/mol. The van der Waals surface area contributed by atoms with Crippen molar-refractivity contribution < 1.29 is 4.74 Å². The van der Waals surface area contributed by atoms with Crippen molar-refractivity contribution in [3.05, 3.63) is 84.2 Å². The largest absolute Gasteiger partial charge is 0.433 e. The summed E-state index contributed by atoms with van der Waals surface area (Å²) in [5.74, 6) is 1.12. The number of aromatic nitrogens is 1. The first-order chi connectivity index (χ1) is 13.1. The highest BCUT2D eigenvalue weighted by molar-refractivity contribution is 5.81. The SMILES string of the molecule is C=C/C=N\C1=C(C=C)N(c2c(C)cc(C)cc2C)c2ccncc2O1.CC. The van der Waals surface area contributed by atoms with Crippen molar-refractivity contribution in [1.82, 2.24) is 4.98 Å². The molecule has 0 fully saturated rings. The van der Waals surface area contributed by atoms with Gasteiger partial charge in [-0.15, -0.1) is 0 Å². The molecule has 1 aliphatic heterocycles. The van der Waals surface area contributed by atoms with Crippen molar-refractivity contribution in [3.63, 3.8) is 0 Å². The third kappa shape index (κ3) is 4.00. The maximum atomic E-state index is 5.95. The first-order valence-electron chi connectivity index (χ1n) is 9.08. The van der Waals surface area contributed by atoms with Crippen molar-refractivity contribution in [2.75, 3.05) is 4.90 Å². The van der Waals surface area contributed by atoms with E-state index in [2.05, 4.69) is 60.9 Å². The first-order valence-corrected chi connectivity index (χ1v) is 9.08. The summed E-state index contributed by atoms with van der Waals surface area (Å²) in [6.45, 7) is 18.0. The highest BCUT2D eigenvalue weighted by atomic mass is 16.5. The van der Waals surface area contributed by atoms with Crippen LogP contribution in [0.4, 0.5) is 11.4 Å². The van der Waals surface area contributed by atoms with Crippen LogP contribution in [0.1, 0.15) is 30.5 Å². The Morgan fingerprint density at radius 1 is 1.11 bits per heavy atom. The van der Waals surface area contributed by atoms with Crippen LogP contribution in [0, 0.1) is 20.8 Å². The molecule has 0 amide bonds. The molecule has 1 aliphatic rings. The van der Waals surface area contributed by atoms with Gasteiger partial charge in [-0.05, 0) is 44.0 Å². The van der Waals surface area contributed by atoms with E-state index in [0.717, 1.165) is 17.1 Å². The Hall–Kier alpha value is -3.14. The molecule has 1 aromatic carbocycles. The molecular weight excluding hydrogens is 334 g/mol. The predicted molar refractivity (Wildman–Crippen MR) is 115 cm³/mol. The van der Waals surface area contributed by atoms with Gasteiger partial charge in [0.25, 0.3) is 0 Å². The zero-order chi connectivity index (χ0) is 20.0. The molecule has 4 nitrogen and oxygen atoms in total. The lowest BCUT2D eigenvalue weighted by atomic mass is 10.0. The summed E-state index contributed by atoms with van der Waals surface area (Å²) in [5.41, 5.74) is 6.38. The van der Waals surface area contributed by atoms with E-state index in [1.54, 1.807) is 30.8 Å². The second kappa shape index (κ2) is 8.99. The summed E-state index contributed by atoms with van der Waals surface area (Å²) in [6, 6.07) is 6.28. The standard InChI is InChI=1S/C21H21N3O.C2H6/c1-6-9-23-21-17(7-2)24(18-8-10-22-13-19(18)25-21)20-15(4)11-14(3)12-16(20)5;1-2/h6-13H,1-2H2,3-5H3;1-2H3/b23-9-;. The molecule has 0 radical (unpaired) electrons. The fourth-order valence-electron chi connectivity index (χ4n) is 3.18. The van der Waals surface area contributed by atoms with Crippen LogP contribution in [-0.2, 0) is 0 Å². The summed E-state index contributed by atoms with van der Waals surface area (Å²) in [6.07, 6.45) is 8.44. The Morgan fingerprint density at radius 2 is 1.78 bits per heavy atom. The molecule has 2 aromatic rings. The van der Waals surface area contributed by atoms with E-state index >= 15 is 0 Å². The monoisotopic (exact) mass is 361 g/mol. The number of pyridine rings is 1. The normalized spacial score (nSPS) is 12.9. The Morgan fingerprint density at radius 3 is 2.37 bits per heavy atom. The number of benzene rings is 1. The lowest BCUT2D eigenvalue weighted by Crippen LogP contribution is -2.24. The predicted octanol–water partition coefficient (Wildman–Crippen LogP) is 6.18. The van der Waals surface area contributed by atoms with Crippen LogP contribution in [0.25, 0.3) is 0 Å². The molecule has 1 aromatic heterocycles. The molecule has 27 heavy (non-hydrogen) atoms. The first kappa shape index (κ1) is 20.2. The van der Waals surface area contributed by atoms with Gasteiger partial charge in [-0.3, -0.25) is 4.98 Å². The molecule has 0 bridgehead atoms. The number of ether oxygens (including phenoxy) is 1. The molecular formula is C23H27N3O. The van der Waals surface area contributed by atoms with E-state index in [4.69, 9.17) is 4.74 Å². The van der Waals surface area contributed by atoms with Crippen molar-refractivity contribution in [1.29, 1.82) is 0 Å². The smallest absolute Gasteiger partial charge is 0.243 e. The number of anilines is 2. The van der Waals surface area contributed by atoms with Crippen LogP contribution < -0.4 is 9.64 Å². The van der Waals surface area contributed by atoms with Gasteiger partial charge in [-0.25, -0.2) is 4.99 Å². The number of nitrogens with zero attached hydrogens (tertiary/aromatic N) is 3. The average Bonchev–Trinajstić information content (AvgIpc) is 2.67. The van der Waals surface area contributed by atoms with Gasteiger partial charge < -0.3 is 9.64 Å². The number of rotatable bonds is 4. The molecule has 0 saturated carbocycles. The van der Waals surface area contributed by atoms with E-state index in [-0.39, 0.29) is 0 Å². The number of hydrogen-bond acceptors (Lipinski definition) is 4. The van der Waals surface area contributed by atoms with Crippen LogP contribution in [0.3, 0.4) is 0 Å². The number of hydrogen-bond donors (Lipinski definition) is 0. The van der Waals surface area contributed by atoms with Gasteiger partial charge in [0.05, 0.1) is 17.6 Å². The molecule has 0 spiro atoms. The Kier molecular flexibility index (Phi) is 6.72. The van der Waals surface area contributed by atoms with Crippen molar-refractivity contribution >= 4 is 17.6 Å². The second-order valence-electron chi connectivity index (χ2n) is 5.94. The molecule has 140 valence electrons. The Labute approximate surface area is 162 Å². The fraction of sp³-hybridized carbons (Fsp3) is 0.217. The molecule has 0 saturated heterocycles. The lowest BCUT2D eigenvalue weighted by Gasteiger charge is -2.34. The minimum Gasteiger partial charge on any atom is -0.433 e. The van der Waals surface area contributed by atoms with Crippen LogP contribution in [0.5, 0.6) is 5.75 Å². The van der Waals surface area contributed by atoms with Gasteiger partial charge in [0.1, 0.15) is 5.70 Å². The minimum atomic E-state index is 0.467. The van der Waals surface area contributed by atoms with Gasteiger partial charge in [-0.2, -0.15) is 0 Å². The molecule has 0 aliphatic carbocycles. The van der Waals surface area contributed by atoms with E-state index in [9.17, 15) is 0 Å². The van der Waals surface area contributed by atoms with Crippen molar-refractivity contribution in [2.45, 2.75) is 34.6 Å². The number of allylic oxidation sites excluding steroid dienone is 2. The molecule has 0 N–H and O–H groups in total. The summed E-state index contributed by atoms with van der Waals surface area (Å²) in [4.78, 5) is 10.7. The summed E-state index contributed by atoms with van der Waals surface area (Å²) >= 11 is 0. The zero-order valence-electron chi connectivity index (χ0n) is 16.8. The maximum Gasteiger partial charge on any atom is 0.243 e. The highest BCUT2D eigenvalue weighted by Crippen LogP contribution is 2.44. The van der Waals surface area contributed by atoms with Gasteiger partial charge in [0.2, 0.25) is 5.88 Å². The molecule has 4 heteroatoms. The summed E-state index contributed by atoms with van der Waals surface area (Å²) in [7, 11) is 0. The van der Waals surface area contributed by atoms with E-state index < -0.39 is 0 Å². The molecule has 0 unspecified atom stereocenters. The van der Waals surface area contributed by atoms with Crippen LogP contribution in [-0.4, -0.2) is 11.2 Å². The summed E-state index contributed by atoms with van der Waals surface area (Å²) in [5, 5.41) is 0. The Bertz CT molecular complexity index is 887. The highest BCUT2D eigenvalue weighted by Gasteiger charge is 2.28. The lowest BCUT2D eigenvalue weighted by molar-refractivity contribution is 0.406. The van der Waals surface area contributed by atoms with Gasteiger partial charge >= 0.3 is 0 Å². The molecule has 0 atom stereocenters. The van der Waals surface area contributed by atoms with Crippen LogP contribution >= 0.6 is 0 Å². The second-order valence-corrected chi connectivity index (χ2v) is 5.94. The van der Waals surface area contributed by atoms with Gasteiger partial charge in [-0.1, -0.05) is 50.8 Å². The number of fused-ring (bicyclic) bond motifs is 1. The molecule has 3 rings (SSSR count). The van der Waals surface area contributed by atoms with E-state index in [0.29, 0.717) is 11.6 Å². The topological polar surface area (TPSA) is 37.7 Å². The van der Waals surface area contributed by atoms with E-state index in [1.807, 2.05) is 19.9 Å². The number of aryl methyl sites for hydroxylation is 3. The summed E-state index contributed by atoms with van der Waals surface area (Å²) < 4.78 is 5.95. The third-order valence-electron chi connectivity index (χ3n) is 4.02. The van der Waals surface area contributed by atoms with E-state index in [1.165, 1.54) is 16.7 Å². The maximum absolute atomic E-state index is 5.95. The minimum absolute atomic E-state index is 0.467. The fourth-order valence-corrected chi connectivity index (χ4v) is 3.18. The zero-order valence-corrected chi connectivity index (χ0v) is 16.8. The number of aliphatic imine (C=N–C) groups is 1. The van der Waals surface area contributed by atoms with Crippen LogP contribution in [0.15, 0.2) is 72.5 Å². The van der Waals surface area contributed by atoms with Gasteiger partial charge in [0.15, 0.2) is 5.75 Å². The van der Waals surface area contributed by atoms with Crippen molar-refractivity contribution in [2.24, 2.45) is 4.99 Å². The quantitative estimate of drug-likeness (QED) is 0.611. The van der Waals surface area contributed by atoms with Crippen LogP contribution in [0.2, 0.25) is 0 Å². The molecule has 2 heterocycles. The Balaban J connectivity index is 0.00000126.